The topological polar surface area (TPSA) is 84.2 Å². The molecule has 8 heteroatoms. The molecule has 0 radical (unpaired) electrons. The van der Waals surface area contributed by atoms with Crippen molar-refractivity contribution >= 4 is 28.5 Å². The molecule has 33 heavy (non-hydrogen) atoms. The van der Waals surface area contributed by atoms with Crippen LogP contribution in [-0.2, 0) is 11.2 Å². The van der Waals surface area contributed by atoms with Crippen LogP contribution < -0.4 is 14.8 Å². The number of hydrogen-bond acceptors (Lipinski definition) is 6. The molecule has 0 aliphatic carbocycles. The molecule has 0 saturated carbocycles. The van der Waals surface area contributed by atoms with E-state index in [9.17, 15) is 9.90 Å². The summed E-state index contributed by atoms with van der Waals surface area (Å²) in [5.41, 5.74) is 0.990. The van der Waals surface area contributed by atoms with E-state index in [1.807, 2.05) is 0 Å². The highest BCUT2D eigenvalue weighted by atomic mass is 35.5. The van der Waals surface area contributed by atoms with E-state index >= 15 is 0 Å². The van der Waals surface area contributed by atoms with Crippen molar-refractivity contribution in [1.82, 2.24) is 10.2 Å². The van der Waals surface area contributed by atoms with Crippen molar-refractivity contribution < 1.29 is 26.5 Å². The maximum absolute atomic E-state index is 13.2. The molecule has 2 aliphatic heterocycles. The summed E-state index contributed by atoms with van der Waals surface area (Å²) < 4.78 is 33.8. The van der Waals surface area contributed by atoms with Crippen LogP contribution in [0.15, 0.2) is 46.9 Å². The van der Waals surface area contributed by atoms with Gasteiger partial charge in [-0.3, -0.25) is 4.79 Å². The molecular weight excluding hydrogens is 444 g/mol. The normalized spacial score (nSPS) is 19.1. The summed E-state index contributed by atoms with van der Waals surface area (Å²) in [7, 11) is 0. The molecule has 2 unspecified atom stereocenters. The standard InChI is InChI=1S/C25H27ClN2O5/c26-18-4-6-21-17(11-18)12-19(33-21)14-24(29)27-20(15-28-7-1-2-8-28)25(30)16-3-5-22-23(13-16)32-10-9-31-22/h3-6,11-13,20,25,30H,1-2,7-10,14-15H2,(H,27,29)/i14D2. The van der Waals surface area contributed by atoms with E-state index in [-0.39, 0.29) is 5.76 Å². The van der Waals surface area contributed by atoms with Crippen LogP contribution in [-0.4, -0.2) is 54.8 Å². The summed E-state index contributed by atoms with van der Waals surface area (Å²) in [6, 6.07) is 10.8. The number of fused-ring (bicyclic) bond motifs is 2. The van der Waals surface area contributed by atoms with Gasteiger partial charge in [0.1, 0.15) is 30.7 Å². The highest BCUT2D eigenvalue weighted by Gasteiger charge is 2.28. The number of rotatable bonds is 7. The van der Waals surface area contributed by atoms with Crippen molar-refractivity contribution in [2.75, 3.05) is 32.8 Å². The van der Waals surface area contributed by atoms with Crippen LogP contribution in [0.3, 0.4) is 0 Å². The van der Waals surface area contributed by atoms with Crippen LogP contribution in [0.2, 0.25) is 5.02 Å². The van der Waals surface area contributed by atoms with Gasteiger partial charge < -0.3 is 29.2 Å². The number of aliphatic hydroxyl groups excluding tert-OH is 1. The van der Waals surface area contributed by atoms with Gasteiger partial charge in [0, 0.05) is 19.7 Å². The first-order valence-electron chi connectivity index (χ1n) is 12.1. The Hall–Kier alpha value is -2.74. The number of halogens is 1. The summed E-state index contributed by atoms with van der Waals surface area (Å²) in [6.45, 7) is 2.98. The third kappa shape index (κ3) is 5.11. The largest absolute Gasteiger partial charge is 0.486 e. The molecule has 2 N–H and O–H groups in total. The fraction of sp³-hybridized carbons (Fsp3) is 0.400. The summed E-state index contributed by atoms with van der Waals surface area (Å²) in [5, 5.41) is 15.1. The van der Waals surface area contributed by atoms with Crippen molar-refractivity contribution in [2.45, 2.75) is 31.4 Å². The van der Waals surface area contributed by atoms with E-state index in [0.717, 1.165) is 25.9 Å². The van der Waals surface area contributed by atoms with Gasteiger partial charge in [-0.05, 0) is 67.9 Å². The van der Waals surface area contributed by atoms with Gasteiger partial charge in [0.25, 0.3) is 0 Å². The number of carbonyl (C=O) groups excluding carboxylic acids is 1. The molecular formula is C25H27ClN2O5. The molecule has 2 aliphatic rings. The first-order chi connectivity index (χ1) is 16.8. The molecule has 174 valence electrons. The van der Waals surface area contributed by atoms with Crippen LogP contribution in [0.4, 0.5) is 0 Å². The molecule has 0 bridgehead atoms. The minimum Gasteiger partial charge on any atom is -0.486 e. The number of carbonyl (C=O) groups is 1. The number of nitrogens with one attached hydrogen (secondary N) is 1. The molecule has 1 saturated heterocycles. The molecule has 7 nitrogen and oxygen atoms in total. The van der Waals surface area contributed by atoms with Crippen molar-refractivity contribution in [2.24, 2.45) is 0 Å². The Morgan fingerprint density at radius 1 is 1.12 bits per heavy atom. The second-order valence-corrected chi connectivity index (χ2v) is 8.79. The van der Waals surface area contributed by atoms with Crippen LogP contribution >= 0.6 is 11.6 Å². The summed E-state index contributed by atoms with van der Waals surface area (Å²) in [6.07, 6.45) is -1.45. The summed E-state index contributed by atoms with van der Waals surface area (Å²) >= 11 is 6.03. The second kappa shape index (κ2) is 9.63. The molecule has 1 fully saturated rings. The van der Waals surface area contributed by atoms with Crippen molar-refractivity contribution in [3.8, 4) is 11.5 Å². The highest BCUT2D eigenvalue weighted by Crippen LogP contribution is 2.33. The molecule has 1 aromatic heterocycles. The first kappa shape index (κ1) is 19.7. The Bertz CT molecular complexity index is 1230. The van der Waals surface area contributed by atoms with Gasteiger partial charge in [0.2, 0.25) is 5.91 Å². The van der Waals surface area contributed by atoms with E-state index < -0.39 is 24.4 Å². The molecule has 1 amide bonds. The van der Waals surface area contributed by atoms with Crippen LogP contribution in [0, 0.1) is 0 Å². The zero-order valence-corrected chi connectivity index (χ0v) is 18.8. The Morgan fingerprint density at radius 2 is 1.91 bits per heavy atom. The van der Waals surface area contributed by atoms with Crippen LogP contribution in [0.5, 0.6) is 11.5 Å². The molecule has 0 spiro atoms. The lowest BCUT2D eigenvalue weighted by molar-refractivity contribution is -0.122. The van der Waals surface area contributed by atoms with E-state index in [2.05, 4.69) is 10.2 Å². The zero-order valence-electron chi connectivity index (χ0n) is 20.1. The third-order valence-electron chi connectivity index (χ3n) is 5.97. The lowest BCUT2D eigenvalue weighted by Crippen LogP contribution is -2.47. The Balaban J connectivity index is 1.39. The van der Waals surface area contributed by atoms with Gasteiger partial charge in [0.05, 0.1) is 12.4 Å². The number of likely N-dealkylation sites (tertiary alicyclic amines) is 1. The smallest absolute Gasteiger partial charge is 0.227 e. The minimum absolute atomic E-state index is 0.124. The SMILES string of the molecule is [2H]C([2H])(C(=O)NC(CN1CCCC1)C(O)c1ccc2c(c1)OCCO2)c1cc2cc(Cl)ccc2o1. The number of furan rings is 1. The van der Waals surface area contributed by atoms with Crippen molar-refractivity contribution in [3.63, 3.8) is 0 Å². The van der Waals surface area contributed by atoms with Crippen molar-refractivity contribution in [3.05, 3.63) is 58.8 Å². The number of benzene rings is 2. The molecule has 3 heterocycles. The fourth-order valence-electron chi connectivity index (χ4n) is 4.34. The van der Waals surface area contributed by atoms with Crippen molar-refractivity contribution in [1.29, 1.82) is 0 Å². The summed E-state index contributed by atoms with van der Waals surface area (Å²) in [4.78, 5) is 15.4. The van der Waals surface area contributed by atoms with E-state index in [1.165, 1.54) is 6.07 Å². The highest BCUT2D eigenvalue weighted by molar-refractivity contribution is 6.31. The predicted octanol–water partition coefficient (Wildman–Crippen LogP) is 3.71. The predicted molar refractivity (Wildman–Crippen MR) is 125 cm³/mol. The van der Waals surface area contributed by atoms with E-state index in [0.29, 0.717) is 52.8 Å². The van der Waals surface area contributed by atoms with Gasteiger partial charge in [-0.1, -0.05) is 17.7 Å². The van der Waals surface area contributed by atoms with Crippen LogP contribution in [0.1, 0.15) is 33.0 Å². The van der Waals surface area contributed by atoms with Crippen LogP contribution in [0.25, 0.3) is 11.0 Å². The van der Waals surface area contributed by atoms with E-state index in [1.54, 1.807) is 36.4 Å². The monoisotopic (exact) mass is 472 g/mol. The fourth-order valence-corrected chi connectivity index (χ4v) is 4.52. The molecule has 5 rings (SSSR count). The Morgan fingerprint density at radius 3 is 2.73 bits per heavy atom. The molecule has 2 atom stereocenters. The minimum atomic E-state index is -2.46. The van der Waals surface area contributed by atoms with Gasteiger partial charge >= 0.3 is 0 Å². The third-order valence-corrected chi connectivity index (χ3v) is 6.21. The van der Waals surface area contributed by atoms with E-state index in [4.69, 9.17) is 28.2 Å². The zero-order chi connectivity index (χ0) is 24.6. The quantitative estimate of drug-likeness (QED) is 0.545. The van der Waals surface area contributed by atoms with Gasteiger partial charge in [-0.15, -0.1) is 0 Å². The first-order valence-corrected chi connectivity index (χ1v) is 11.5. The Kier molecular flexibility index (Phi) is 5.75. The second-order valence-electron chi connectivity index (χ2n) is 8.35. The number of ether oxygens (including phenoxy) is 2. The Labute approximate surface area is 200 Å². The summed E-state index contributed by atoms with van der Waals surface area (Å²) in [5.74, 6) is 0.133. The molecule has 2 aromatic carbocycles. The lowest BCUT2D eigenvalue weighted by atomic mass is 10.0. The maximum Gasteiger partial charge on any atom is 0.227 e. The number of hydrogen-bond donors (Lipinski definition) is 2. The van der Waals surface area contributed by atoms with Gasteiger partial charge in [-0.25, -0.2) is 0 Å². The number of aliphatic hydroxyl groups is 1. The average molecular weight is 473 g/mol. The number of amides is 1. The van der Waals surface area contributed by atoms with Gasteiger partial charge in [0.15, 0.2) is 11.5 Å². The number of nitrogens with zero attached hydrogens (tertiary/aromatic N) is 1. The maximum atomic E-state index is 13.2. The molecule has 3 aromatic rings. The lowest BCUT2D eigenvalue weighted by Gasteiger charge is -2.29. The average Bonchev–Trinajstić information content (AvgIpc) is 3.52. The van der Waals surface area contributed by atoms with Gasteiger partial charge in [-0.2, -0.15) is 0 Å².